The quantitative estimate of drug-likeness (QED) is 0.473. The molecule has 0 spiro atoms. The van der Waals surface area contributed by atoms with Crippen molar-refractivity contribution >= 4 is 11.8 Å². The number of Topliss-reactive ketones (excluding diaryl/α,β-unsaturated/α-hetero) is 1. The smallest absolute Gasteiger partial charge is 0.437 e. The van der Waals surface area contributed by atoms with E-state index >= 15 is 0 Å². The van der Waals surface area contributed by atoms with Crippen molar-refractivity contribution in [3.63, 3.8) is 0 Å². The van der Waals surface area contributed by atoms with Gasteiger partial charge in [-0.15, -0.1) is 5.10 Å². The van der Waals surface area contributed by atoms with Gasteiger partial charge in [0.25, 0.3) is 0 Å². The number of carbonyl (C=O) groups is 2. The molecule has 0 saturated carbocycles. The highest BCUT2D eigenvalue weighted by Crippen LogP contribution is 2.22. The number of ketones is 1. The van der Waals surface area contributed by atoms with E-state index in [0.717, 1.165) is 23.9 Å². The molecule has 7 nitrogen and oxygen atoms in total. The number of fused-ring (bicyclic) bond motifs is 1. The Morgan fingerprint density at radius 2 is 1.79 bits per heavy atom. The molecule has 0 N–H and O–H groups in total. The average Bonchev–Trinajstić information content (AvgIpc) is 3.12. The van der Waals surface area contributed by atoms with Gasteiger partial charge in [0.1, 0.15) is 6.54 Å². The number of ether oxygens (including phenoxy) is 1. The molecule has 1 heterocycles. The van der Waals surface area contributed by atoms with Crippen LogP contribution in [0.25, 0.3) is 11.5 Å². The van der Waals surface area contributed by atoms with Crippen LogP contribution in [0, 0.1) is 0 Å². The number of aromatic nitrogens is 2. The van der Waals surface area contributed by atoms with Crippen LogP contribution in [-0.2, 0) is 28.9 Å². The minimum atomic E-state index is -0.762. The normalized spacial score (nSPS) is 13.0. The van der Waals surface area contributed by atoms with Gasteiger partial charge in [0.2, 0.25) is 5.89 Å². The number of nitrogens with zero attached hydrogens (tertiary/aromatic N) is 2. The maximum Gasteiger partial charge on any atom is 0.437 e. The van der Waals surface area contributed by atoms with E-state index in [1.54, 1.807) is 30.3 Å². The van der Waals surface area contributed by atoms with Crippen LogP contribution in [0.5, 0.6) is 0 Å². The number of esters is 1. The molecular weight excluding hydrogens is 372 g/mol. The van der Waals surface area contributed by atoms with Crippen LogP contribution < -0.4 is 5.76 Å². The Morgan fingerprint density at radius 3 is 2.59 bits per heavy atom. The van der Waals surface area contributed by atoms with Gasteiger partial charge < -0.3 is 9.15 Å². The topological polar surface area (TPSA) is 91.4 Å². The minimum Gasteiger partial charge on any atom is -0.456 e. The van der Waals surface area contributed by atoms with Gasteiger partial charge in [0, 0.05) is 11.1 Å². The summed E-state index contributed by atoms with van der Waals surface area (Å²) in [7, 11) is 0. The van der Waals surface area contributed by atoms with Gasteiger partial charge in [-0.25, -0.2) is 4.79 Å². The summed E-state index contributed by atoms with van der Waals surface area (Å²) >= 11 is 0. The van der Waals surface area contributed by atoms with E-state index < -0.39 is 18.3 Å². The van der Waals surface area contributed by atoms with Gasteiger partial charge in [0.15, 0.2) is 12.4 Å². The average molecular weight is 392 g/mol. The molecule has 148 valence electrons. The van der Waals surface area contributed by atoms with Gasteiger partial charge in [-0.05, 0) is 55.0 Å². The SMILES string of the molecule is O=C(Cn1nc(-c2ccccc2)oc1=O)OCC(=O)c1ccc2c(c1)CCCC2. The van der Waals surface area contributed by atoms with Crippen molar-refractivity contribution in [2.24, 2.45) is 0 Å². The van der Waals surface area contributed by atoms with Gasteiger partial charge in [0.05, 0.1) is 0 Å². The Balaban J connectivity index is 1.36. The lowest BCUT2D eigenvalue weighted by atomic mass is 9.90. The molecule has 0 bridgehead atoms. The molecule has 0 aliphatic heterocycles. The van der Waals surface area contributed by atoms with Crippen molar-refractivity contribution in [1.82, 2.24) is 9.78 Å². The Labute approximate surface area is 166 Å². The predicted octanol–water partition coefficient (Wildman–Crippen LogP) is 2.81. The van der Waals surface area contributed by atoms with E-state index in [2.05, 4.69) is 5.10 Å². The zero-order valence-electron chi connectivity index (χ0n) is 15.8. The highest BCUT2D eigenvalue weighted by Gasteiger charge is 2.17. The highest BCUT2D eigenvalue weighted by molar-refractivity contribution is 5.98. The standard InChI is InChI=1S/C22H20N2O5/c25-19(18-11-10-15-6-4-5-9-17(15)12-18)14-28-20(26)13-24-22(27)29-21(23-24)16-7-2-1-3-8-16/h1-3,7-8,10-12H,4-6,9,13-14H2. The molecule has 0 amide bonds. The number of benzene rings is 2. The van der Waals surface area contributed by atoms with Crippen LogP contribution >= 0.6 is 0 Å². The summed E-state index contributed by atoms with van der Waals surface area (Å²) in [6.07, 6.45) is 4.30. The second-order valence-corrected chi connectivity index (χ2v) is 6.97. The zero-order valence-corrected chi connectivity index (χ0v) is 15.8. The molecule has 0 unspecified atom stereocenters. The van der Waals surface area contributed by atoms with Crippen molar-refractivity contribution in [3.05, 3.63) is 75.8 Å². The monoisotopic (exact) mass is 392 g/mol. The van der Waals surface area contributed by atoms with Gasteiger partial charge in [-0.2, -0.15) is 4.68 Å². The van der Waals surface area contributed by atoms with E-state index in [-0.39, 0.29) is 18.3 Å². The molecule has 0 radical (unpaired) electrons. The molecule has 1 aromatic heterocycles. The van der Waals surface area contributed by atoms with Gasteiger partial charge in [-0.3, -0.25) is 9.59 Å². The van der Waals surface area contributed by atoms with Crippen molar-refractivity contribution in [1.29, 1.82) is 0 Å². The van der Waals surface area contributed by atoms with Crippen LogP contribution in [-0.4, -0.2) is 28.1 Å². The minimum absolute atomic E-state index is 0.119. The maximum atomic E-state index is 12.4. The van der Waals surface area contributed by atoms with E-state index in [9.17, 15) is 14.4 Å². The maximum absolute atomic E-state index is 12.4. The fourth-order valence-electron chi connectivity index (χ4n) is 3.41. The lowest BCUT2D eigenvalue weighted by Gasteiger charge is -2.16. The zero-order chi connectivity index (χ0) is 20.2. The molecule has 7 heteroatoms. The fourth-order valence-corrected chi connectivity index (χ4v) is 3.41. The molecule has 4 rings (SSSR count). The number of hydrogen-bond donors (Lipinski definition) is 0. The Morgan fingerprint density at radius 1 is 1.03 bits per heavy atom. The van der Waals surface area contributed by atoms with Crippen molar-refractivity contribution < 1.29 is 18.7 Å². The van der Waals surface area contributed by atoms with Crippen molar-refractivity contribution in [3.8, 4) is 11.5 Å². The van der Waals surface area contributed by atoms with Crippen LogP contribution in [0.15, 0.2) is 57.7 Å². The summed E-state index contributed by atoms with van der Waals surface area (Å²) in [6, 6.07) is 14.5. The van der Waals surface area contributed by atoms with E-state index in [1.807, 2.05) is 18.2 Å². The van der Waals surface area contributed by atoms with Crippen LogP contribution in [0.1, 0.15) is 34.3 Å². The summed E-state index contributed by atoms with van der Waals surface area (Å²) in [6.45, 7) is -0.803. The molecule has 0 saturated heterocycles. The Bertz CT molecular complexity index is 1100. The fraction of sp³-hybridized carbons (Fsp3) is 0.273. The molecule has 29 heavy (non-hydrogen) atoms. The van der Waals surface area contributed by atoms with E-state index in [0.29, 0.717) is 11.1 Å². The third kappa shape index (κ3) is 4.34. The van der Waals surface area contributed by atoms with E-state index in [1.165, 1.54) is 17.5 Å². The number of carbonyl (C=O) groups excluding carboxylic acids is 2. The van der Waals surface area contributed by atoms with E-state index in [4.69, 9.17) is 9.15 Å². The summed E-state index contributed by atoms with van der Waals surface area (Å²) in [5, 5.41) is 4.01. The van der Waals surface area contributed by atoms with Gasteiger partial charge >= 0.3 is 11.7 Å². The van der Waals surface area contributed by atoms with Gasteiger partial charge in [-0.1, -0.05) is 30.3 Å². The molecule has 1 aliphatic rings. The molecular formula is C22H20N2O5. The first-order valence-corrected chi connectivity index (χ1v) is 9.54. The largest absolute Gasteiger partial charge is 0.456 e. The summed E-state index contributed by atoms with van der Waals surface area (Å²) in [5.41, 5.74) is 3.63. The van der Waals surface area contributed by atoms with Crippen molar-refractivity contribution in [2.75, 3.05) is 6.61 Å². The summed E-state index contributed by atoms with van der Waals surface area (Å²) < 4.78 is 11.0. The van der Waals surface area contributed by atoms with Crippen LogP contribution in [0.3, 0.4) is 0 Å². The first-order valence-electron chi connectivity index (χ1n) is 9.54. The number of rotatable bonds is 6. The second-order valence-electron chi connectivity index (χ2n) is 6.97. The predicted molar refractivity (Wildman–Crippen MR) is 105 cm³/mol. The lowest BCUT2D eigenvalue weighted by molar-refractivity contribution is -0.143. The highest BCUT2D eigenvalue weighted by atomic mass is 16.5. The lowest BCUT2D eigenvalue weighted by Crippen LogP contribution is -2.24. The third-order valence-corrected chi connectivity index (χ3v) is 4.94. The number of hydrogen-bond acceptors (Lipinski definition) is 6. The van der Waals surface area contributed by atoms with Crippen LogP contribution in [0.4, 0.5) is 0 Å². The first-order chi connectivity index (χ1) is 14.1. The third-order valence-electron chi connectivity index (χ3n) is 4.94. The Kier molecular flexibility index (Phi) is 5.37. The summed E-state index contributed by atoms with van der Waals surface area (Å²) in [5.74, 6) is -1.65. The number of aryl methyl sites for hydroxylation is 2. The molecule has 0 atom stereocenters. The van der Waals surface area contributed by atoms with Crippen molar-refractivity contribution in [2.45, 2.75) is 32.2 Å². The summed E-state index contributed by atoms with van der Waals surface area (Å²) in [4.78, 5) is 36.3. The van der Waals surface area contributed by atoms with Crippen LogP contribution in [0.2, 0.25) is 0 Å². The first kappa shape index (κ1) is 18.9. The molecule has 1 aliphatic carbocycles. The second kappa shape index (κ2) is 8.26. The molecule has 3 aromatic rings. The molecule has 0 fully saturated rings. The molecule has 2 aromatic carbocycles. The Hall–Kier alpha value is -3.48.